The summed E-state index contributed by atoms with van der Waals surface area (Å²) in [5, 5.41) is 0. The Kier molecular flexibility index (Phi) is 3.89. The number of piperidine rings is 1. The Morgan fingerprint density at radius 2 is 2.00 bits per heavy atom. The summed E-state index contributed by atoms with van der Waals surface area (Å²) in [6.07, 6.45) is 2.42. The molecule has 1 aliphatic heterocycles. The van der Waals surface area contributed by atoms with Crippen molar-refractivity contribution in [2.75, 3.05) is 30.8 Å². The zero-order valence-electron chi connectivity index (χ0n) is 11.4. The Morgan fingerprint density at radius 3 is 2.56 bits per heavy atom. The van der Waals surface area contributed by atoms with Crippen molar-refractivity contribution in [1.29, 1.82) is 0 Å². The standard InChI is InChI=1S/C13H22N4O/c1-9(2)10-4-6-17(7-5-10)11-8-12(18-3)16-13(14)15-11/h8-10H,4-7H2,1-3H3,(H2,14,15,16). The smallest absolute Gasteiger partial charge is 0.225 e. The lowest BCUT2D eigenvalue weighted by Crippen LogP contribution is -2.35. The van der Waals surface area contributed by atoms with E-state index in [1.807, 2.05) is 6.07 Å². The van der Waals surface area contributed by atoms with Crippen LogP contribution in [0.25, 0.3) is 0 Å². The molecule has 0 radical (unpaired) electrons. The van der Waals surface area contributed by atoms with Crippen LogP contribution in [0.1, 0.15) is 26.7 Å². The third-order valence-corrected chi connectivity index (χ3v) is 3.72. The highest BCUT2D eigenvalue weighted by molar-refractivity contribution is 5.45. The summed E-state index contributed by atoms with van der Waals surface area (Å²) in [4.78, 5) is 10.6. The predicted octanol–water partition coefficient (Wildman–Crippen LogP) is 1.94. The van der Waals surface area contributed by atoms with Crippen molar-refractivity contribution < 1.29 is 4.74 Å². The molecule has 1 saturated heterocycles. The molecule has 0 spiro atoms. The van der Waals surface area contributed by atoms with Crippen LogP contribution in [0.3, 0.4) is 0 Å². The summed E-state index contributed by atoms with van der Waals surface area (Å²) in [5.41, 5.74) is 5.69. The second kappa shape index (κ2) is 5.42. The third kappa shape index (κ3) is 2.83. The quantitative estimate of drug-likeness (QED) is 0.888. The molecular weight excluding hydrogens is 228 g/mol. The van der Waals surface area contributed by atoms with Gasteiger partial charge in [-0.25, -0.2) is 0 Å². The molecular formula is C13H22N4O. The summed E-state index contributed by atoms with van der Waals surface area (Å²) < 4.78 is 5.13. The minimum absolute atomic E-state index is 0.273. The number of nitrogens with two attached hydrogens (primary N) is 1. The van der Waals surface area contributed by atoms with E-state index >= 15 is 0 Å². The lowest BCUT2D eigenvalue weighted by Gasteiger charge is -2.34. The van der Waals surface area contributed by atoms with Crippen molar-refractivity contribution in [1.82, 2.24) is 9.97 Å². The van der Waals surface area contributed by atoms with Gasteiger partial charge in [0, 0.05) is 19.2 Å². The van der Waals surface area contributed by atoms with Crippen LogP contribution in [0.2, 0.25) is 0 Å². The van der Waals surface area contributed by atoms with Crippen molar-refractivity contribution in [3.63, 3.8) is 0 Å². The number of nitrogens with zero attached hydrogens (tertiary/aromatic N) is 3. The maximum absolute atomic E-state index is 5.69. The van der Waals surface area contributed by atoms with Gasteiger partial charge in [-0.15, -0.1) is 0 Å². The maximum atomic E-state index is 5.69. The number of anilines is 2. The zero-order valence-corrected chi connectivity index (χ0v) is 11.4. The Morgan fingerprint density at radius 1 is 1.33 bits per heavy atom. The van der Waals surface area contributed by atoms with E-state index in [0.717, 1.165) is 30.7 Å². The van der Waals surface area contributed by atoms with Crippen molar-refractivity contribution in [2.45, 2.75) is 26.7 Å². The minimum atomic E-state index is 0.273. The van der Waals surface area contributed by atoms with Gasteiger partial charge in [0.25, 0.3) is 0 Å². The molecule has 100 valence electrons. The average molecular weight is 250 g/mol. The molecule has 1 aromatic heterocycles. The topological polar surface area (TPSA) is 64.3 Å². The molecule has 0 aliphatic carbocycles. The summed E-state index contributed by atoms with van der Waals surface area (Å²) in [7, 11) is 1.59. The largest absolute Gasteiger partial charge is 0.481 e. The van der Waals surface area contributed by atoms with Crippen molar-refractivity contribution in [2.24, 2.45) is 11.8 Å². The van der Waals surface area contributed by atoms with E-state index in [1.165, 1.54) is 12.8 Å². The van der Waals surface area contributed by atoms with E-state index in [0.29, 0.717) is 5.88 Å². The van der Waals surface area contributed by atoms with Crippen LogP contribution in [0.4, 0.5) is 11.8 Å². The fourth-order valence-corrected chi connectivity index (χ4v) is 2.49. The van der Waals surface area contributed by atoms with Gasteiger partial charge in [-0.3, -0.25) is 0 Å². The van der Waals surface area contributed by atoms with E-state index in [9.17, 15) is 0 Å². The number of ether oxygens (including phenoxy) is 1. The van der Waals surface area contributed by atoms with Crippen LogP contribution in [0.5, 0.6) is 5.88 Å². The van der Waals surface area contributed by atoms with Crippen molar-refractivity contribution >= 4 is 11.8 Å². The molecule has 5 nitrogen and oxygen atoms in total. The molecule has 2 heterocycles. The van der Waals surface area contributed by atoms with E-state index in [2.05, 4.69) is 28.7 Å². The van der Waals surface area contributed by atoms with E-state index in [1.54, 1.807) is 7.11 Å². The number of methoxy groups -OCH3 is 1. The van der Waals surface area contributed by atoms with Gasteiger partial charge in [0.15, 0.2) is 0 Å². The monoisotopic (exact) mass is 250 g/mol. The van der Waals surface area contributed by atoms with Gasteiger partial charge in [0.1, 0.15) is 5.82 Å². The van der Waals surface area contributed by atoms with Crippen LogP contribution >= 0.6 is 0 Å². The summed E-state index contributed by atoms with van der Waals surface area (Å²) in [5.74, 6) is 3.26. The van der Waals surface area contributed by atoms with Gasteiger partial charge >= 0.3 is 0 Å². The first kappa shape index (κ1) is 12.9. The fraction of sp³-hybridized carbons (Fsp3) is 0.692. The molecule has 0 saturated carbocycles. The average Bonchev–Trinajstić information content (AvgIpc) is 2.38. The van der Waals surface area contributed by atoms with Crippen LogP contribution in [0.15, 0.2) is 6.07 Å². The molecule has 2 N–H and O–H groups in total. The van der Waals surface area contributed by atoms with Gasteiger partial charge in [0.05, 0.1) is 7.11 Å². The van der Waals surface area contributed by atoms with Gasteiger partial charge in [-0.1, -0.05) is 13.8 Å². The summed E-state index contributed by atoms with van der Waals surface area (Å²) >= 11 is 0. The van der Waals surface area contributed by atoms with E-state index < -0.39 is 0 Å². The molecule has 2 rings (SSSR count). The van der Waals surface area contributed by atoms with Crippen LogP contribution in [-0.2, 0) is 0 Å². The second-order valence-corrected chi connectivity index (χ2v) is 5.20. The fourth-order valence-electron chi connectivity index (χ4n) is 2.49. The van der Waals surface area contributed by atoms with Gasteiger partial charge in [0.2, 0.25) is 11.8 Å². The molecule has 1 aromatic rings. The highest BCUT2D eigenvalue weighted by atomic mass is 16.5. The molecule has 18 heavy (non-hydrogen) atoms. The van der Waals surface area contributed by atoms with Crippen molar-refractivity contribution in [3.05, 3.63) is 6.07 Å². The number of aromatic nitrogens is 2. The Hall–Kier alpha value is -1.52. The Balaban J connectivity index is 2.07. The first-order chi connectivity index (χ1) is 8.60. The van der Waals surface area contributed by atoms with Gasteiger partial charge < -0.3 is 15.4 Å². The lowest BCUT2D eigenvalue weighted by molar-refractivity contribution is 0.310. The normalized spacial score (nSPS) is 17.2. The summed E-state index contributed by atoms with van der Waals surface area (Å²) in [6, 6.07) is 1.85. The van der Waals surface area contributed by atoms with Crippen LogP contribution in [-0.4, -0.2) is 30.2 Å². The Bertz CT molecular complexity index is 400. The number of hydrogen-bond donors (Lipinski definition) is 1. The second-order valence-electron chi connectivity index (χ2n) is 5.20. The maximum Gasteiger partial charge on any atom is 0.225 e. The molecule has 0 aromatic carbocycles. The van der Waals surface area contributed by atoms with E-state index in [-0.39, 0.29) is 5.95 Å². The predicted molar refractivity (Wildman–Crippen MR) is 72.8 cm³/mol. The molecule has 1 aliphatic rings. The van der Waals surface area contributed by atoms with Gasteiger partial charge in [-0.05, 0) is 24.7 Å². The first-order valence-corrected chi connectivity index (χ1v) is 6.53. The highest BCUT2D eigenvalue weighted by Crippen LogP contribution is 2.28. The Labute approximate surface area is 108 Å². The van der Waals surface area contributed by atoms with Crippen molar-refractivity contribution in [3.8, 4) is 5.88 Å². The van der Waals surface area contributed by atoms with Gasteiger partial charge in [-0.2, -0.15) is 9.97 Å². The highest BCUT2D eigenvalue weighted by Gasteiger charge is 2.22. The van der Waals surface area contributed by atoms with Crippen LogP contribution in [0, 0.1) is 11.8 Å². The number of hydrogen-bond acceptors (Lipinski definition) is 5. The molecule has 0 amide bonds. The van der Waals surface area contributed by atoms with E-state index in [4.69, 9.17) is 10.5 Å². The molecule has 5 heteroatoms. The molecule has 0 unspecified atom stereocenters. The first-order valence-electron chi connectivity index (χ1n) is 6.53. The summed E-state index contributed by atoms with van der Waals surface area (Å²) in [6.45, 7) is 6.66. The van der Waals surface area contributed by atoms with Crippen LogP contribution < -0.4 is 15.4 Å². The lowest BCUT2D eigenvalue weighted by atomic mass is 9.87. The zero-order chi connectivity index (χ0) is 13.1. The molecule has 0 bridgehead atoms. The number of rotatable bonds is 3. The molecule has 0 atom stereocenters. The number of nitrogen functional groups attached to an aromatic ring is 1. The minimum Gasteiger partial charge on any atom is -0.481 e. The third-order valence-electron chi connectivity index (χ3n) is 3.72. The SMILES string of the molecule is COc1cc(N2CCC(C(C)C)CC2)nc(N)n1. The molecule has 1 fully saturated rings.